The number of rotatable bonds is 4. The van der Waals surface area contributed by atoms with Crippen molar-refractivity contribution in [1.29, 1.82) is 0 Å². The van der Waals surface area contributed by atoms with E-state index in [1.54, 1.807) is 6.26 Å². The molecule has 0 bridgehead atoms. The average Bonchev–Trinajstić information content (AvgIpc) is 2.72. The lowest BCUT2D eigenvalue weighted by molar-refractivity contribution is 0.0872. The summed E-state index contributed by atoms with van der Waals surface area (Å²) >= 11 is 0. The van der Waals surface area contributed by atoms with Gasteiger partial charge in [0.1, 0.15) is 5.58 Å². The molecule has 0 saturated heterocycles. The molecule has 1 aromatic heterocycles. The highest BCUT2D eigenvalue weighted by Crippen LogP contribution is 2.32. The molecule has 2 aromatic rings. The van der Waals surface area contributed by atoms with Crippen molar-refractivity contribution < 1.29 is 9.52 Å². The Morgan fingerprint density at radius 3 is 2.82 bits per heavy atom. The Hall–Kier alpha value is -1.32. The number of hydrogen-bond acceptors (Lipinski definition) is 3. The predicted octanol–water partition coefficient (Wildman–Crippen LogP) is 2.44. The Balaban J connectivity index is 1.77. The summed E-state index contributed by atoms with van der Waals surface area (Å²) in [6.45, 7) is 0.986. The Kier molecular flexibility index (Phi) is 2.65. The fourth-order valence-electron chi connectivity index (χ4n) is 2.45. The lowest BCUT2D eigenvalue weighted by atomic mass is 9.77. The number of hydrogen-bond donors (Lipinski definition) is 2. The number of nitrogens with one attached hydrogen (secondary N) is 1. The van der Waals surface area contributed by atoms with Crippen molar-refractivity contribution >= 4 is 11.0 Å². The van der Waals surface area contributed by atoms with Crippen LogP contribution in [-0.2, 0) is 6.54 Å². The van der Waals surface area contributed by atoms with Gasteiger partial charge < -0.3 is 14.8 Å². The molecule has 90 valence electrons. The van der Waals surface area contributed by atoms with E-state index in [1.807, 2.05) is 18.2 Å². The Bertz CT molecular complexity index is 508. The first-order valence-corrected chi connectivity index (χ1v) is 6.14. The number of fused-ring (bicyclic) bond motifs is 1. The third-order valence-corrected chi connectivity index (χ3v) is 3.83. The average molecular weight is 231 g/mol. The molecule has 1 aliphatic carbocycles. The van der Waals surface area contributed by atoms with Crippen molar-refractivity contribution in [2.24, 2.45) is 0 Å². The highest BCUT2D eigenvalue weighted by Gasteiger charge is 2.35. The highest BCUT2D eigenvalue weighted by atomic mass is 16.3. The van der Waals surface area contributed by atoms with Crippen LogP contribution in [0.5, 0.6) is 0 Å². The normalized spacial score (nSPS) is 18.2. The largest absolute Gasteiger partial charge is 0.464 e. The van der Waals surface area contributed by atoms with Crippen LogP contribution in [0.1, 0.15) is 24.8 Å². The first kappa shape index (κ1) is 10.8. The first-order valence-electron chi connectivity index (χ1n) is 6.14. The summed E-state index contributed by atoms with van der Waals surface area (Å²) in [7, 11) is 0. The van der Waals surface area contributed by atoms with Crippen molar-refractivity contribution in [3.8, 4) is 0 Å². The van der Waals surface area contributed by atoms with Crippen LogP contribution in [0.25, 0.3) is 11.0 Å². The molecule has 1 saturated carbocycles. The summed E-state index contributed by atoms with van der Waals surface area (Å²) in [5, 5.41) is 14.0. The Morgan fingerprint density at radius 2 is 2.12 bits per heavy atom. The van der Waals surface area contributed by atoms with E-state index in [2.05, 4.69) is 11.4 Å². The van der Waals surface area contributed by atoms with Gasteiger partial charge in [0, 0.05) is 23.0 Å². The monoisotopic (exact) mass is 231 g/mol. The van der Waals surface area contributed by atoms with Gasteiger partial charge in [-0.3, -0.25) is 0 Å². The third kappa shape index (κ3) is 1.85. The quantitative estimate of drug-likeness (QED) is 0.849. The van der Waals surface area contributed by atoms with E-state index in [1.165, 1.54) is 12.0 Å². The zero-order chi connectivity index (χ0) is 11.7. The minimum atomic E-state index is -0.0433. The van der Waals surface area contributed by atoms with E-state index < -0.39 is 0 Å². The molecule has 0 spiro atoms. The molecule has 0 aliphatic heterocycles. The van der Waals surface area contributed by atoms with E-state index in [-0.39, 0.29) is 12.1 Å². The number of benzene rings is 1. The predicted molar refractivity (Wildman–Crippen MR) is 66.7 cm³/mol. The van der Waals surface area contributed by atoms with Crippen LogP contribution in [0.15, 0.2) is 34.9 Å². The molecule has 1 aromatic carbocycles. The number of aliphatic hydroxyl groups excluding tert-OH is 1. The van der Waals surface area contributed by atoms with Gasteiger partial charge in [-0.15, -0.1) is 0 Å². The van der Waals surface area contributed by atoms with Crippen molar-refractivity contribution in [3.63, 3.8) is 0 Å². The van der Waals surface area contributed by atoms with E-state index in [0.29, 0.717) is 0 Å². The summed E-state index contributed by atoms with van der Waals surface area (Å²) in [6.07, 6.45) is 5.15. The lowest BCUT2D eigenvalue weighted by Gasteiger charge is -2.41. The lowest BCUT2D eigenvalue weighted by Crippen LogP contribution is -2.53. The van der Waals surface area contributed by atoms with Crippen LogP contribution in [0, 0.1) is 0 Å². The molecule has 17 heavy (non-hydrogen) atoms. The SMILES string of the molecule is OCC1(NCc2coc3ccccc23)CCC1. The van der Waals surface area contributed by atoms with Gasteiger partial charge in [-0.2, -0.15) is 0 Å². The van der Waals surface area contributed by atoms with Gasteiger partial charge in [0.2, 0.25) is 0 Å². The van der Waals surface area contributed by atoms with Crippen LogP contribution in [0.4, 0.5) is 0 Å². The number of para-hydroxylation sites is 1. The maximum Gasteiger partial charge on any atom is 0.134 e. The van der Waals surface area contributed by atoms with Gasteiger partial charge in [-0.1, -0.05) is 18.2 Å². The molecule has 0 unspecified atom stereocenters. The van der Waals surface area contributed by atoms with Gasteiger partial charge in [0.05, 0.1) is 12.9 Å². The molecule has 0 radical (unpaired) electrons. The fraction of sp³-hybridized carbons (Fsp3) is 0.429. The third-order valence-electron chi connectivity index (χ3n) is 3.83. The van der Waals surface area contributed by atoms with Crippen LogP contribution in [0.2, 0.25) is 0 Å². The fourth-order valence-corrected chi connectivity index (χ4v) is 2.45. The van der Waals surface area contributed by atoms with E-state index in [0.717, 1.165) is 30.4 Å². The van der Waals surface area contributed by atoms with Crippen LogP contribution < -0.4 is 5.32 Å². The zero-order valence-electron chi connectivity index (χ0n) is 9.78. The van der Waals surface area contributed by atoms with Gasteiger partial charge in [0.25, 0.3) is 0 Å². The minimum Gasteiger partial charge on any atom is -0.464 e. The summed E-state index contributed by atoms with van der Waals surface area (Å²) < 4.78 is 5.50. The zero-order valence-corrected chi connectivity index (χ0v) is 9.78. The smallest absolute Gasteiger partial charge is 0.134 e. The summed E-state index contributed by atoms with van der Waals surface area (Å²) in [4.78, 5) is 0. The first-order chi connectivity index (χ1) is 8.33. The summed E-state index contributed by atoms with van der Waals surface area (Å²) in [5.74, 6) is 0. The molecule has 2 N–H and O–H groups in total. The molecule has 0 amide bonds. The number of furan rings is 1. The summed E-state index contributed by atoms with van der Waals surface area (Å²) in [5.41, 5.74) is 2.05. The molecule has 1 fully saturated rings. The van der Waals surface area contributed by atoms with Crippen LogP contribution in [-0.4, -0.2) is 17.3 Å². The van der Waals surface area contributed by atoms with Crippen LogP contribution >= 0.6 is 0 Å². The molecule has 3 nitrogen and oxygen atoms in total. The van der Waals surface area contributed by atoms with Gasteiger partial charge in [-0.05, 0) is 25.3 Å². The molecule has 1 aliphatic rings. The van der Waals surface area contributed by atoms with E-state index in [9.17, 15) is 5.11 Å². The maximum absolute atomic E-state index is 9.39. The second-order valence-electron chi connectivity index (χ2n) is 4.90. The van der Waals surface area contributed by atoms with Gasteiger partial charge in [0.15, 0.2) is 0 Å². The van der Waals surface area contributed by atoms with Crippen LogP contribution in [0.3, 0.4) is 0 Å². The second-order valence-corrected chi connectivity index (χ2v) is 4.90. The molecular weight excluding hydrogens is 214 g/mol. The molecule has 1 heterocycles. The Labute approximate surface area is 100 Å². The van der Waals surface area contributed by atoms with Gasteiger partial charge in [-0.25, -0.2) is 0 Å². The van der Waals surface area contributed by atoms with Crippen molar-refractivity contribution in [3.05, 3.63) is 36.1 Å². The standard InChI is InChI=1S/C14H17NO2/c16-10-14(6-3-7-14)15-8-11-9-17-13-5-2-1-4-12(11)13/h1-2,4-5,9,15-16H,3,6-8,10H2. The van der Waals surface area contributed by atoms with Gasteiger partial charge >= 0.3 is 0 Å². The topological polar surface area (TPSA) is 45.4 Å². The van der Waals surface area contributed by atoms with E-state index >= 15 is 0 Å². The minimum absolute atomic E-state index is 0.0433. The van der Waals surface area contributed by atoms with Crippen molar-refractivity contribution in [2.75, 3.05) is 6.61 Å². The van der Waals surface area contributed by atoms with Crippen molar-refractivity contribution in [1.82, 2.24) is 5.32 Å². The molecule has 0 atom stereocenters. The Morgan fingerprint density at radius 1 is 1.29 bits per heavy atom. The highest BCUT2D eigenvalue weighted by molar-refractivity contribution is 5.80. The second kappa shape index (κ2) is 4.17. The maximum atomic E-state index is 9.39. The molecule has 3 heteroatoms. The molecular formula is C14H17NO2. The van der Waals surface area contributed by atoms with Crippen molar-refractivity contribution in [2.45, 2.75) is 31.3 Å². The van der Waals surface area contributed by atoms with E-state index in [4.69, 9.17) is 4.42 Å². The number of aliphatic hydroxyl groups is 1. The summed E-state index contributed by atoms with van der Waals surface area (Å²) in [6, 6.07) is 8.04. The molecule has 3 rings (SSSR count).